The molecule has 0 spiro atoms. The number of nitrogens with one attached hydrogen (secondary N) is 1. The van der Waals surface area contributed by atoms with Crippen LogP contribution in [0.2, 0.25) is 0 Å². The van der Waals surface area contributed by atoms with E-state index in [4.69, 9.17) is 19.4 Å². The standard InChI is InChI=1S/C33H38F2N6O3/c1-20(42)16-22-8-3-6-21-7-4-9-24(25(21)22)28-27(35)29-26(31(37-28)43-2)30(40-14-11-36-12-15-40)39-32(38-29)44-19-33-10-5-13-41(33)18-23(34)17-33/h3-4,6-9,20,23,36,42H,5,10-19H2,1-2H3/t20?,23-,33?/m1/s1. The number of aliphatic hydroxyl groups is 1. The van der Waals surface area contributed by atoms with Crippen LogP contribution in [0.1, 0.15) is 31.7 Å². The van der Waals surface area contributed by atoms with Crippen LogP contribution < -0.4 is 19.7 Å². The molecule has 0 radical (unpaired) electrons. The molecule has 3 aliphatic rings. The van der Waals surface area contributed by atoms with E-state index in [0.717, 1.165) is 48.8 Å². The molecular weight excluding hydrogens is 566 g/mol. The van der Waals surface area contributed by atoms with Gasteiger partial charge in [0, 0.05) is 44.7 Å². The summed E-state index contributed by atoms with van der Waals surface area (Å²) in [4.78, 5) is 18.4. The van der Waals surface area contributed by atoms with Crippen molar-refractivity contribution >= 4 is 27.5 Å². The third-order valence-corrected chi connectivity index (χ3v) is 9.31. The van der Waals surface area contributed by atoms with Crippen molar-refractivity contribution in [3.8, 4) is 23.1 Å². The molecule has 2 N–H and O–H groups in total. The van der Waals surface area contributed by atoms with Crippen LogP contribution in [-0.2, 0) is 6.42 Å². The summed E-state index contributed by atoms with van der Waals surface area (Å²) < 4.78 is 43.4. The van der Waals surface area contributed by atoms with Gasteiger partial charge < -0.3 is 24.8 Å². The number of halogens is 2. The Labute approximate surface area is 255 Å². The lowest BCUT2D eigenvalue weighted by Gasteiger charge is -2.32. The van der Waals surface area contributed by atoms with Crippen molar-refractivity contribution in [3.05, 3.63) is 47.8 Å². The molecule has 5 heterocycles. The monoisotopic (exact) mass is 604 g/mol. The summed E-state index contributed by atoms with van der Waals surface area (Å²) in [5.41, 5.74) is 1.25. The van der Waals surface area contributed by atoms with Crippen LogP contribution in [0.5, 0.6) is 11.9 Å². The first-order chi connectivity index (χ1) is 21.4. The topological polar surface area (TPSA) is 95.9 Å². The van der Waals surface area contributed by atoms with Gasteiger partial charge in [-0.1, -0.05) is 36.4 Å². The first-order valence-electron chi connectivity index (χ1n) is 15.5. The van der Waals surface area contributed by atoms with E-state index in [-0.39, 0.29) is 29.7 Å². The number of piperazine rings is 1. The Morgan fingerprint density at radius 3 is 2.66 bits per heavy atom. The number of alkyl halides is 1. The molecule has 3 atom stereocenters. The third kappa shape index (κ3) is 5.10. The maximum absolute atomic E-state index is 16.9. The summed E-state index contributed by atoms with van der Waals surface area (Å²) in [6.07, 6.45) is 1.20. The number of aliphatic hydroxyl groups excluding tert-OH is 1. The summed E-state index contributed by atoms with van der Waals surface area (Å²) >= 11 is 0. The number of benzene rings is 2. The van der Waals surface area contributed by atoms with Gasteiger partial charge in [0.05, 0.1) is 18.8 Å². The van der Waals surface area contributed by atoms with Gasteiger partial charge in [-0.15, -0.1) is 0 Å². The van der Waals surface area contributed by atoms with Crippen LogP contribution in [0.4, 0.5) is 14.6 Å². The van der Waals surface area contributed by atoms with E-state index in [0.29, 0.717) is 49.2 Å². The summed E-state index contributed by atoms with van der Waals surface area (Å²) in [7, 11) is 1.51. The molecule has 0 saturated carbocycles. The highest BCUT2D eigenvalue weighted by Crippen LogP contribution is 2.42. The van der Waals surface area contributed by atoms with Gasteiger partial charge in [0.15, 0.2) is 5.82 Å². The van der Waals surface area contributed by atoms with E-state index in [9.17, 15) is 9.50 Å². The second kappa shape index (κ2) is 11.7. The number of nitrogens with zero attached hydrogens (tertiary/aromatic N) is 5. The normalized spacial score (nSPS) is 22.9. The lowest BCUT2D eigenvalue weighted by Crippen LogP contribution is -2.44. The predicted molar refractivity (Wildman–Crippen MR) is 166 cm³/mol. The van der Waals surface area contributed by atoms with Gasteiger partial charge in [0.25, 0.3) is 0 Å². The second-order valence-corrected chi connectivity index (χ2v) is 12.3. The van der Waals surface area contributed by atoms with Gasteiger partial charge in [-0.05, 0) is 49.1 Å². The first-order valence-corrected chi connectivity index (χ1v) is 15.5. The maximum Gasteiger partial charge on any atom is 0.319 e. The SMILES string of the molecule is COc1nc(-c2cccc3cccc(CC(C)O)c23)c(F)c2nc(OCC34CCCN3C[C@H](F)C4)nc(N3CCNCC3)c12. The summed E-state index contributed by atoms with van der Waals surface area (Å²) in [6.45, 7) is 6.04. The Hall–Kier alpha value is -3.67. The highest BCUT2D eigenvalue weighted by atomic mass is 19.1. The smallest absolute Gasteiger partial charge is 0.319 e. The average Bonchev–Trinajstić information content (AvgIpc) is 3.56. The number of pyridine rings is 1. The largest absolute Gasteiger partial charge is 0.480 e. The molecule has 9 nitrogen and oxygen atoms in total. The zero-order valence-electron chi connectivity index (χ0n) is 25.2. The predicted octanol–water partition coefficient (Wildman–Crippen LogP) is 4.28. The highest BCUT2D eigenvalue weighted by Gasteiger charge is 2.49. The van der Waals surface area contributed by atoms with Crippen molar-refractivity contribution in [3.63, 3.8) is 0 Å². The molecule has 4 aromatic rings. The van der Waals surface area contributed by atoms with E-state index in [2.05, 4.69) is 20.1 Å². The van der Waals surface area contributed by atoms with Crippen molar-refractivity contribution in [2.24, 2.45) is 0 Å². The Balaban J connectivity index is 1.39. The number of ether oxygens (including phenoxy) is 2. The molecule has 2 aromatic carbocycles. The maximum atomic E-state index is 16.9. The van der Waals surface area contributed by atoms with Gasteiger partial charge in [-0.25, -0.2) is 13.8 Å². The fourth-order valence-corrected chi connectivity index (χ4v) is 7.35. The van der Waals surface area contributed by atoms with E-state index in [1.807, 2.05) is 36.4 Å². The minimum Gasteiger partial charge on any atom is -0.480 e. The number of methoxy groups -OCH3 is 1. The first kappa shape index (κ1) is 29.1. The fourth-order valence-electron chi connectivity index (χ4n) is 7.35. The molecule has 0 aliphatic carbocycles. The molecule has 3 aliphatic heterocycles. The molecule has 3 saturated heterocycles. The summed E-state index contributed by atoms with van der Waals surface area (Å²) in [5.74, 6) is 0.122. The zero-order chi connectivity index (χ0) is 30.4. The molecule has 232 valence electrons. The number of fused-ring (bicyclic) bond motifs is 3. The van der Waals surface area contributed by atoms with Crippen molar-refractivity contribution in [2.75, 3.05) is 57.9 Å². The van der Waals surface area contributed by atoms with E-state index in [1.54, 1.807) is 6.92 Å². The van der Waals surface area contributed by atoms with Gasteiger partial charge >= 0.3 is 6.01 Å². The van der Waals surface area contributed by atoms with Crippen LogP contribution in [0.15, 0.2) is 36.4 Å². The number of rotatable bonds is 8. The molecule has 2 aromatic heterocycles. The third-order valence-electron chi connectivity index (χ3n) is 9.31. The van der Waals surface area contributed by atoms with Crippen LogP contribution in [0.25, 0.3) is 32.9 Å². The Bertz CT molecular complexity index is 1690. The van der Waals surface area contributed by atoms with Crippen molar-refractivity contribution < 1.29 is 23.4 Å². The molecule has 3 fully saturated rings. The van der Waals surface area contributed by atoms with Crippen LogP contribution >= 0.6 is 0 Å². The average molecular weight is 605 g/mol. The lowest BCUT2D eigenvalue weighted by molar-refractivity contribution is 0.107. The van der Waals surface area contributed by atoms with E-state index in [1.165, 1.54) is 7.11 Å². The number of hydrogen-bond acceptors (Lipinski definition) is 9. The minimum atomic E-state index is -0.887. The molecule has 44 heavy (non-hydrogen) atoms. The molecular formula is C33H38F2N6O3. The number of aromatic nitrogens is 3. The van der Waals surface area contributed by atoms with Crippen LogP contribution in [0.3, 0.4) is 0 Å². The molecule has 2 unspecified atom stereocenters. The summed E-state index contributed by atoms with van der Waals surface area (Å²) in [6, 6.07) is 11.6. The minimum absolute atomic E-state index is 0.0559. The zero-order valence-corrected chi connectivity index (χ0v) is 25.2. The molecule has 11 heteroatoms. The van der Waals surface area contributed by atoms with Crippen LogP contribution in [0, 0.1) is 5.82 Å². The highest BCUT2D eigenvalue weighted by molar-refractivity contribution is 6.02. The molecule has 7 rings (SSSR count). The molecule has 0 bridgehead atoms. The number of hydrogen-bond donors (Lipinski definition) is 2. The van der Waals surface area contributed by atoms with Gasteiger partial charge in [-0.3, -0.25) is 4.90 Å². The Morgan fingerprint density at radius 2 is 1.89 bits per heavy atom. The van der Waals surface area contributed by atoms with Crippen molar-refractivity contribution in [1.82, 2.24) is 25.2 Å². The molecule has 0 amide bonds. The van der Waals surface area contributed by atoms with E-state index >= 15 is 4.39 Å². The van der Waals surface area contributed by atoms with Crippen molar-refractivity contribution in [2.45, 2.75) is 50.4 Å². The Morgan fingerprint density at radius 1 is 1.09 bits per heavy atom. The van der Waals surface area contributed by atoms with Crippen molar-refractivity contribution in [1.29, 1.82) is 0 Å². The van der Waals surface area contributed by atoms with E-state index < -0.39 is 23.6 Å². The van der Waals surface area contributed by atoms with Gasteiger partial charge in [-0.2, -0.15) is 9.97 Å². The number of anilines is 1. The fraction of sp³-hybridized carbons (Fsp3) is 0.485. The summed E-state index contributed by atoms with van der Waals surface area (Å²) in [5, 5.41) is 15.7. The quantitative estimate of drug-likeness (QED) is 0.306. The second-order valence-electron chi connectivity index (χ2n) is 12.3. The lowest BCUT2D eigenvalue weighted by atomic mass is 9.94. The van der Waals surface area contributed by atoms with Gasteiger partial charge in [0.1, 0.15) is 35.2 Å². The van der Waals surface area contributed by atoms with Gasteiger partial charge in [0.2, 0.25) is 5.88 Å². The Kier molecular flexibility index (Phi) is 7.72. The van der Waals surface area contributed by atoms with Crippen LogP contribution in [-0.4, -0.2) is 95.8 Å².